The number of hydrogen-bond acceptors (Lipinski definition) is 4. The highest BCUT2D eigenvalue weighted by Gasteiger charge is 2.21. The molecule has 0 saturated carbocycles. The van der Waals surface area contributed by atoms with Crippen LogP contribution in [0.2, 0.25) is 5.02 Å². The van der Waals surface area contributed by atoms with Gasteiger partial charge in [0.15, 0.2) is 0 Å². The summed E-state index contributed by atoms with van der Waals surface area (Å²) in [5, 5.41) is 3.67. The second-order valence-corrected chi connectivity index (χ2v) is 4.87. The Kier molecular flexibility index (Phi) is 5.47. The normalized spacial score (nSPS) is 12.2. The Labute approximate surface area is 128 Å². The van der Waals surface area contributed by atoms with Crippen molar-refractivity contribution in [3.63, 3.8) is 0 Å². The van der Waals surface area contributed by atoms with Crippen LogP contribution in [-0.2, 0) is 6.42 Å². The number of methoxy groups -OCH3 is 1. The van der Waals surface area contributed by atoms with Crippen LogP contribution >= 0.6 is 11.6 Å². The van der Waals surface area contributed by atoms with E-state index in [0.29, 0.717) is 35.1 Å². The Morgan fingerprint density at radius 2 is 2.10 bits per heavy atom. The minimum Gasteiger partial charge on any atom is -0.480 e. The lowest BCUT2D eigenvalue weighted by Crippen LogP contribution is -2.25. The number of aromatic nitrogens is 2. The van der Waals surface area contributed by atoms with E-state index in [2.05, 4.69) is 15.3 Å². The topological polar surface area (TPSA) is 47.0 Å². The fourth-order valence-electron chi connectivity index (χ4n) is 2.18. The standard InChI is InChI=1S/C15H17ClFN3O/c1-3-18-13(14-15(21-2)20-8-7-19-14)9-10-11(16)5-4-6-12(10)17/h4-8,13,18H,3,9H2,1-2H3. The van der Waals surface area contributed by atoms with Crippen LogP contribution in [0.5, 0.6) is 5.88 Å². The maximum absolute atomic E-state index is 14.0. The van der Waals surface area contributed by atoms with Gasteiger partial charge in [0.05, 0.1) is 13.2 Å². The van der Waals surface area contributed by atoms with Crippen LogP contribution in [0.15, 0.2) is 30.6 Å². The summed E-state index contributed by atoms with van der Waals surface area (Å²) >= 11 is 6.10. The van der Waals surface area contributed by atoms with E-state index < -0.39 is 0 Å². The molecule has 0 saturated heterocycles. The van der Waals surface area contributed by atoms with E-state index in [-0.39, 0.29) is 11.9 Å². The van der Waals surface area contributed by atoms with E-state index in [1.165, 1.54) is 13.2 Å². The molecule has 0 aliphatic carbocycles. The molecule has 6 heteroatoms. The van der Waals surface area contributed by atoms with Crippen molar-refractivity contribution in [3.8, 4) is 5.88 Å². The highest BCUT2D eigenvalue weighted by Crippen LogP contribution is 2.28. The fraction of sp³-hybridized carbons (Fsp3) is 0.333. The molecular weight excluding hydrogens is 293 g/mol. The van der Waals surface area contributed by atoms with Gasteiger partial charge in [-0.15, -0.1) is 0 Å². The van der Waals surface area contributed by atoms with Crippen molar-refractivity contribution in [3.05, 3.63) is 52.7 Å². The summed E-state index contributed by atoms with van der Waals surface area (Å²) in [7, 11) is 1.53. The van der Waals surface area contributed by atoms with Crippen LogP contribution < -0.4 is 10.1 Å². The van der Waals surface area contributed by atoms with Gasteiger partial charge in [-0.2, -0.15) is 0 Å². The number of nitrogens with one attached hydrogen (secondary N) is 1. The molecular formula is C15H17ClFN3O. The molecule has 0 aliphatic rings. The van der Waals surface area contributed by atoms with Crippen LogP contribution in [0.3, 0.4) is 0 Å². The van der Waals surface area contributed by atoms with Crippen molar-refractivity contribution in [2.75, 3.05) is 13.7 Å². The minimum atomic E-state index is -0.326. The summed E-state index contributed by atoms with van der Waals surface area (Å²) in [5.41, 5.74) is 1.10. The monoisotopic (exact) mass is 309 g/mol. The van der Waals surface area contributed by atoms with Crippen molar-refractivity contribution in [2.45, 2.75) is 19.4 Å². The smallest absolute Gasteiger partial charge is 0.237 e. The second-order valence-electron chi connectivity index (χ2n) is 4.47. The van der Waals surface area contributed by atoms with Crippen molar-refractivity contribution in [1.82, 2.24) is 15.3 Å². The molecule has 2 rings (SSSR count). The third kappa shape index (κ3) is 3.68. The third-order valence-electron chi connectivity index (χ3n) is 3.14. The van der Waals surface area contributed by atoms with Gasteiger partial charge in [-0.05, 0) is 25.1 Å². The summed E-state index contributed by atoms with van der Waals surface area (Å²) < 4.78 is 19.2. The Morgan fingerprint density at radius 1 is 1.33 bits per heavy atom. The number of halogens is 2. The van der Waals surface area contributed by atoms with E-state index >= 15 is 0 Å². The molecule has 0 aliphatic heterocycles. The summed E-state index contributed by atoms with van der Waals surface area (Å²) in [6.07, 6.45) is 3.51. The van der Waals surface area contributed by atoms with E-state index in [0.717, 1.165) is 0 Å². The molecule has 112 valence electrons. The van der Waals surface area contributed by atoms with E-state index in [1.807, 2.05) is 6.92 Å². The van der Waals surface area contributed by atoms with E-state index in [4.69, 9.17) is 16.3 Å². The average molecular weight is 310 g/mol. The van der Waals surface area contributed by atoms with E-state index in [9.17, 15) is 4.39 Å². The van der Waals surface area contributed by atoms with Crippen LogP contribution in [0.4, 0.5) is 4.39 Å². The lowest BCUT2D eigenvalue weighted by atomic mass is 10.0. The Bertz CT molecular complexity index is 589. The van der Waals surface area contributed by atoms with Crippen LogP contribution in [0.25, 0.3) is 0 Å². The molecule has 1 unspecified atom stereocenters. The molecule has 1 aromatic heterocycles. The van der Waals surface area contributed by atoms with Crippen LogP contribution in [0, 0.1) is 5.82 Å². The molecule has 1 atom stereocenters. The summed E-state index contributed by atoms with van der Waals surface area (Å²) in [6, 6.07) is 4.44. The predicted molar refractivity (Wildman–Crippen MR) is 80.1 cm³/mol. The Hall–Kier alpha value is -1.72. The SMILES string of the molecule is CCNC(Cc1c(F)cccc1Cl)c1nccnc1OC. The zero-order chi connectivity index (χ0) is 15.2. The molecule has 4 nitrogen and oxygen atoms in total. The fourth-order valence-corrected chi connectivity index (χ4v) is 2.42. The number of hydrogen-bond donors (Lipinski definition) is 1. The maximum atomic E-state index is 14.0. The molecule has 0 bridgehead atoms. The molecule has 1 aromatic carbocycles. The molecule has 1 heterocycles. The zero-order valence-electron chi connectivity index (χ0n) is 11.9. The van der Waals surface area contributed by atoms with Gasteiger partial charge in [-0.3, -0.25) is 4.98 Å². The average Bonchev–Trinajstić information content (AvgIpc) is 2.50. The first kappa shape index (κ1) is 15.7. The molecule has 21 heavy (non-hydrogen) atoms. The number of nitrogens with zero attached hydrogens (tertiary/aromatic N) is 2. The molecule has 0 amide bonds. The second kappa shape index (κ2) is 7.33. The van der Waals surface area contributed by atoms with Crippen LogP contribution in [-0.4, -0.2) is 23.6 Å². The lowest BCUT2D eigenvalue weighted by molar-refractivity contribution is 0.376. The lowest BCUT2D eigenvalue weighted by Gasteiger charge is -2.19. The summed E-state index contributed by atoms with van der Waals surface area (Å²) in [4.78, 5) is 8.44. The van der Waals surface area contributed by atoms with Crippen molar-refractivity contribution < 1.29 is 9.13 Å². The number of ether oxygens (including phenoxy) is 1. The van der Waals surface area contributed by atoms with Gasteiger partial charge in [0.25, 0.3) is 0 Å². The van der Waals surface area contributed by atoms with Gasteiger partial charge >= 0.3 is 0 Å². The highest BCUT2D eigenvalue weighted by atomic mass is 35.5. The van der Waals surface area contributed by atoms with Crippen molar-refractivity contribution in [1.29, 1.82) is 0 Å². The zero-order valence-corrected chi connectivity index (χ0v) is 12.7. The molecule has 0 spiro atoms. The molecule has 0 fully saturated rings. The van der Waals surface area contributed by atoms with Crippen molar-refractivity contribution >= 4 is 11.6 Å². The Balaban J connectivity index is 2.35. The van der Waals surface area contributed by atoms with Gasteiger partial charge in [-0.25, -0.2) is 9.37 Å². The maximum Gasteiger partial charge on any atom is 0.237 e. The van der Waals surface area contributed by atoms with Gasteiger partial charge in [0, 0.05) is 23.0 Å². The highest BCUT2D eigenvalue weighted by molar-refractivity contribution is 6.31. The largest absolute Gasteiger partial charge is 0.480 e. The number of benzene rings is 1. The van der Waals surface area contributed by atoms with Gasteiger partial charge < -0.3 is 10.1 Å². The first-order chi connectivity index (χ1) is 10.2. The van der Waals surface area contributed by atoms with E-state index in [1.54, 1.807) is 24.5 Å². The van der Waals surface area contributed by atoms with Crippen LogP contribution in [0.1, 0.15) is 24.2 Å². The first-order valence-corrected chi connectivity index (χ1v) is 7.06. The first-order valence-electron chi connectivity index (χ1n) is 6.68. The number of likely N-dealkylation sites (N-methyl/N-ethyl adjacent to an activating group) is 1. The molecule has 1 N–H and O–H groups in total. The summed E-state index contributed by atoms with van der Waals surface area (Å²) in [6.45, 7) is 2.68. The van der Waals surface area contributed by atoms with Gasteiger partial charge in [0.2, 0.25) is 5.88 Å². The third-order valence-corrected chi connectivity index (χ3v) is 3.49. The molecule has 2 aromatic rings. The van der Waals surface area contributed by atoms with Crippen molar-refractivity contribution in [2.24, 2.45) is 0 Å². The predicted octanol–water partition coefficient (Wildman–Crippen LogP) is 3.17. The summed E-state index contributed by atoms with van der Waals surface area (Å²) in [5.74, 6) is 0.101. The minimum absolute atomic E-state index is 0.229. The Morgan fingerprint density at radius 3 is 2.76 bits per heavy atom. The van der Waals surface area contributed by atoms with Gasteiger partial charge in [-0.1, -0.05) is 24.6 Å². The number of rotatable bonds is 6. The molecule has 0 radical (unpaired) electrons. The van der Waals surface area contributed by atoms with Gasteiger partial charge in [0.1, 0.15) is 11.5 Å². The quantitative estimate of drug-likeness (QED) is 0.890.